The molecule has 1 aliphatic rings. The van der Waals surface area contributed by atoms with Gasteiger partial charge in [-0.25, -0.2) is 0 Å². The number of ether oxygens (including phenoxy) is 1. The fraction of sp³-hybridized carbons (Fsp3) is 0.286. The molecule has 1 amide bonds. The maximum atomic E-state index is 13.1. The van der Waals surface area contributed by atoms with E-state index in [4.69, 9.17) is 9.26 Å². The summed E-state index contributed by atoms with van der Waals surface area (Å²) >= 11 is 0. The molecule has 7 heteroatoms. The van der Waals surface area contributed by atoms with Gasteiger partial charge in [-0.15, -0.1) is 0 Å². The quantitative estimate of drug-likeness (QED) is 0.664. The van der Waals surface area contributed by atoms with Gasteiger partial charge >= 0.3 is 0 Å². The van der Waals surface area contributed by atoms with Gasteiger partial charge in [-0.2, -0.15) is 0 Å². The topological polar surface area (TPSA) is 97.2 Å². The zero-order chi connectivity index (χ0) is 19.5. The number of H-pyrrole nitrogens is 1. The lowest BCUT2D eigenvalue weighted by molar-refractivity contribution is 0.0694. The Balaban J connectivity index is 1.55. The van der Waals surface area contributed by atoms with E-state index in [2.05, 4.69) is 15.5 Å². The van der Waals surface area contributed by atoms with Crippen molar-refractivity contribution in [1.29, 1.82) is 0 Å². The Morgan fingerprint density at radius 2 is 1.93 bits per heavy atom. The van der Waals surface area contributed by atoms with Gasteiger partial charge < -0.3 is 19.6 Å². The molecule has 0 spiro atoms. The van der Waals surface area contributed by atoms with E-state index in [1.807, 2.05) is 30.3 Å². The van der Waals surface area contributed by atoms with Crippen molar-refractivity contribution in [2.24, 2.45) is 0 Å². The van der Waals surface area contributed by atoms with Gasteiger partial charge in [0.1, 0.15) is 17.1 Å². The first kappa shape index (κ1) is 18.2. The summed E-state index contributed by atoms with van der Waals surface area (Å²) < 4.78 is 10.6. The zero-order valence-electron chi connectivity index (χ0n) is 15.5. The highest BCUT2D eigenvalue weighted by atomic mass is 16.5. The van der Waals surface area contributed by atoms with Crippen molar-refractivity contribution in [3.05, 3.63) is 65.2 Å². The number of benzene rings is 1. The van der Waals surface area contributed by atoms with E-state index in [1.165, 1.54) is 0 Å². The molecule has 1 saturated heterocycles. The second-order valence-electron chi connectivity index (χ2n) is 6.82. The van der Waals surface area contributed by atoms with Crippen LogP contribution in [0.4, 0.5) is 0 Å². The molecule has 1 aromatic carbocycles. The highest BCUT2D eigenvalue weighted by molar-refractivity contribution is 6.13. The van der Waals surface area contributed by atoms with Crippen molar-refractivity contribution in [3.8, 4) is 11.3 Å². The molecule has 3 aromatic rings. The predicted octanol–water partition coefficient (Wildman–Crippen LogP) is 3.12. The Hall–Kier alpha value is -3.19. The minimum absolute atomic E-state index is 0.0914. The summed E-state index contributed by atoms with van der Waals surface area (Å²) in [7, 11) is 0. The Morgan fingerprint density at radius 1 is 1.18 bits per heavy atom. The van der Waals surface area contributed by atoms with Gasteiger partial charge in [0.05, 0.1) is 5.56 Å². The van der Waals surface area contributed by atoms with Crippen molar-refractivity contribution >= 4 is 11.7 Å². The summed E-state index contributed by atoms with van der Waals surface area (Å²) in [6.45, 7) is 3.00. The van der Waals surface area contributed by atoms with Crippen LogP contribution in [-0.4, -0.2) is 41.1 Å². The number of aryl methyl sites for hydroxylation is 1. The smallest absolute Gasteiger partial charge is 0.267 e. The van der Waals surface area contributed by atoms with Crippen LogP contribution in [0.1, 0.15) is 45.0 Å². The number of carbonyl (C=O) groups is 2. The SMILES string of the molecule is Cc1onc(-c2ccccc2)c1C(=O)c1c[nH]c(C(=O)NC2CCOCC2)c1. The molecule has 4 rings (SSSR count). The third-order valence-corrected chi connectivity index (χ3v) is 4.88. The molecule has 28 heavy (non-hydrogen) atoms. The minimum atomic E-state index is -0.237. The van der Waals surface area contributed by atoms with Crippen LogP contribution in [0.3, 0.4) is 0 Å². The number of hydrogen-bond donors (Lipinski definition) is 2. The van der Waals surface area contributed by atoms with Crippen LogP contribution in [0.25, 0.3) is 11.3 Å². The van der Waals surface area contributed by atoms with Crippen LogP contribution in [0.15, 0.2) is 47.1 Å². The monoisotopic (exact) mass is 379 g/mol. The molecule has 2 N–H and O–H groups in total. The molecule has 0 aliphatic carbocycles. The molecule has 0 saturated carbocycles. The molecule has 0 atom stereocenters. The number of amides is 1. The summed E-state index contributed by atoms with van der Waals surface area (Å²) in [5.74, 6) is -0.0199. The predicted molar refractivity (Wildman–Crippen MR) is 102 cm³/mol. The summed E-state index contributed by atoms with van der Waals surface area (Å²) in [5, 5.41) is 7.03. The van der Waals surface area contributed by atoms with Crippen LogP contribution in [0.2, 0.25) is 0 Å². The van der Waals surface area contributed by atoms with Gasteiger partial charge in [0.15, 0.2) is 5.78 Å². The molecular weight excluding hydrogens is 358 g/mol. The Morgan fingerprint density at radius 3 is 2.68 bits per heavy atom. The van der Waals surface area contributed by atoms with Gasteiger partial charge in [0.2, 0.25) is 0 Å². The van der Waals surface area contributed by atoms with E-state index in [0.29, 0.717) is 41.5 Å². The molecule has 2 aromatic heterocycles. The van der Waals surface area contributed by atoms with Crippen LogP contribution in [-0.2, 0) is 4.74 Å². The van der Waals surface area contributed by atoms with E-state index in [9.17, 15) is 9.59 Å². The van der Waals surface area contributed by atoms with Crippen LogP contribution >= 0.6 is 0 Å². The van der Waals surface area contributed by atoms with Crippen LogP contribution in [0, 0.1) is 6.92 Å². The molecular formula is C21H21N3O4. The maximum Gasteiger partial charge on any atom is 0.267 e. The zero-order valence-corrected chi connectivity index (χ0v) is 15.5. The molecule has 1 aliphatic heterocycles. The summed E-state index contributed by atoms with van der Waals surface area (Å²) in [6, 6.07) is 11.1. The van der Waals surface area contributed by atoms with Gasteiger partial charge in [0.25, 0.3) is 5.91 Å². The molecule has 144 valence electrons. The molecule has 3 heterocycles. The van der Waals surface area contributed by atoms with Crippen LogP contribution < -0.4 is 5.32 Å². The van der Waals surface area contributed by atoms with Crippen molar-refractivity contribution < 1.29 is 18.8 Å². The van der Waals surface area contributed by atoms with Gasteiger partial charge in [-0.1, -0.05) is 35.5 Å². The van der Waals surface area contributed by atoms with Crippen molar-refractivity contribution in [1.82, 2.24) is 15.5 Å². The summed E-state index contributed by atoms with van der Waals surface area (Å²) in [6.07, 6.45) is 3.12. The standard InChI is InChI=1S/C21H21N3O4/c1-13-18(19(24-28-13)14-5-3-2-4-6-14)20(25)15-11-17(22-12-15)21(26)23-16-7-9-27-10-8-16/h2-6,11-12,16,22H,7-10H2,1H3,(H,23,26). The molecule has 0 unspecified atom stereocenters. The maximum absolute atomic E-state index is 13.1. The highest BCUT2D eigenvalue weighted by Gasteiger charge is 2.25. The average Bonchev–Trinajstić information content (AvgIpc) is 3.36. The Kier molecular flexibility index (Phi) is 5.08. The van der Waals surface area contributed by atoms with Gasteiger partial charge in [-0.3, -0.25) is 9.59 Å². The number of carbonyl (C=O) groups excluding carboxylic acids is 2. The fourth-order valence-corrected chi connectivity index (χ4v) is 3.34. The third kappa shape index (κ3) is 3.61. The van der Waals surface area contributed by atoms with E-state index < -0.39 is 0 Å². The normalized spacial score (nSPS) is 14.8. The van der Waals surface area contributed by atoms with Gasteiger partial charge in [-0.05, 0) is 25.8 Å². The fourth-order valence-electron chi connectivity index (χ4n) is 3.34. The van der Waals surface area contributed by atoms with E-state index in [-0.39, 0.29) is 17.7 Å². The number of aromatic amines is 1. The lowest BCUT2D eigenvalue weighted by atomic mass is 9.99. The number of ketones is 1. The first-order chi connectivity index (χ1) is 13.6. The molecule has 0 bridgehead atoms. The second kappa shape index (κ2) is 7.82. The minimum Gasteiger partial charge on any atom is -0.381 e. The Labute approximate surface area is 162 Å². The summed E-state index contributed by atoms with van der Waals surface area (Å²) in [5.41, 5.74) is 2.45. The average molecular weight is 379 g/mol. The Bertz CT molecular complexity index is 984. The number of rotatable bonds is 5. The summed E-state index contributed by atoms with van der Waals surface area (Å²) in [4.78, 5) is 28.4. The molecule has 0 radical (unpaired) electrons. The van der Waals surface area contributed by atoms with Crippen molar-refractivity contribution in [2.75, 3.05) is 13.2 Å². The van der Waals surface area contributed by atoms with Gasteiger partial charge in [0, 0.05) is 36.6 Å². The lowest BCUT2D eigenvalue weighted by Gasteiger charge is -2.22. The number of nitrogens with zero attached hydrogens (tertiary/aromatic N) is 1. The first-order valence-electron chi connectivity index (χ1n) is 9.27. The first-order valence-corrected chi connectivity index (χ1v) is 9.27. The highest BCUT2D eigenvalue weighted by Crippen LogP contribution is 2.27. The number of hydrogen-bond acceptors (Lipinski definition) is 5. The van der Waals surface area contributed by atoms with Crippen LogP contribution in [0.5, 0.6) is 0 Å². The second-order valence-corrected chi connectivity index (χ2v) is 6.82. The van der Waals surface area contributed by atoms with Crippen molar-refractivity contribution in [3.63, 3.8) is 0 Å². The largest absolute Gasteiger partial charge is 0.381 e. The third-order valence-electron chi connectivity index (χ3n) is 4.88. The van der Waals surface area contributed by atoms with Crippen molar-refractivity contribution in [2.45, 2.75) is 25.8 Å². The van der Waals surface area contributed by atoms with E-state index in [1.54, 1.807) is 19.2 Å². The molecule has 1 fully saturated rings. The number of aromatic nitrogens is 2. The van der Waals surface area contributed by atoms with E-state index in [0.717, 1.165) is 18.4 Å². The number of nitrogens with one attached hydrogen (secondary N) is 2. The van der Waals surface area contributed by atoms with E-state index >= 15 is 0 Å². The lowest BCUT2D eigenvalue weighted by Crippen LogP contribution is -2.39. The molecule has 7 nitrogen and oxygen atoms in total.